The SMILES string of the molecule is CCNc1ncnc(Sc2cc(F)ccc2F)c1C. The van der Waals surface area contributed by atoms with Crippen molar-refractivity contribution in [2.24, 2.45) is 0 Å². The predicted molar refractivity (Wildman–Crippen MR) is 71.4 cm³/mol. The molecule has 3 nitrogen and oxygen atoms in total. The predicted octanol–water partition coefficient (Wildman–Crippen LogP) is 3.65. The highest BCUT2D eigenvalue weighted by molar-refractivity contribution is 7.99. The van der Waals surface area contributed by atoms with Gasteiger partial charge in [-0.2, -0.15) is 0 Å². The molecule has 1 heterocycles. The summed E-state index contributed by atoms with van der Waals surface area (Å²) in [6, 6.07) is 3.37. The van der Waals surface area contributed by atoms with Crippen molar-refractivity contribution in [3.63, 3.8) is 0 Å². The normalized spacial score (nSPS) is 10.5. The van der Waals surface area contributed by atoms with Gasteiger partial charge in [0.1, 0.15) is 28.8 Å². The second kappa shape index (κ2) is 5.97. The molecule has 0 bridgehead atoms. The van der Waals surface area contributed by atoms with Crippen molar-refractivity contribution in [3.8, 4) is 0 Å². The molecule has 0 radical (unpaired) electrons. The Morgan fingerprint density at radius 1 is 1.26 bits per heavy atom. The molecule has 0 unspecified atom stereocenters. The number of hydrogen-bond donors (Lipinski definition) is 1. The highest BCUT2D eigenvalue weighted by Crippen LogP contribution is 2.32. The Bertz CT molecular complexity index is 590. The highest BCUT2D eigenvalue weighted by atomic mass is 32.2. The minimum atomic E-state index is -0.470. The fourth-order valence-corrected chi connectivity index (χ4v) is 2.44. The first-order valence-electron chi connectivity index (χ1n) is 5.80. The fourth-order valence-electron chi connectivity index (χ4n) is 1.54. The summed E-state index contributed by atoms with van der Waals surface area (Å²) < 4.78 is 26.7. The quantitative estimate of drug-likeness (QED) is 0.868. The van der Waals surface area contributed by atoms with Crippen molar-refractivity contribution >= 4 is 17.6 Å². The van der Waals surface area contributed by atoms with Crippen LogP contribution in [0.25, 0.3) is 0 Å². The second-order valence-corrected chi connectivity index (χ2v) is 4.89. The third-order valence-electron chi connectivity index (χ3n) is 2.48. The minimum Gasteiger partial charge on any atom is -0.370 e. The van der Waals surface area contributed by atoms with Gasteiger partial charge in [-0.1, -0.05) is 11.8 Å². The summed E-state index contributed by atoms with van der Waals surface area (Å²) in [7, 11) is 0. The number of hydrogen-bond acceptors (Lipinski definition) is 4. The molecule has 0 saturated carbocycles. The maximum absolute atomic E-state index is 13.6. The summed E-state index contributed by atoms with van der Waals surface area (Å²) >= 11 is 1.09. The van der Waals surface area contributed by atoms with Gasteiger partial charge < -0.3 is 5.32 Å². The van der Waals surface area contributed by atoms with Crippen LogP contribution in [0.1, 0.15) is 12.5 Å². The van der Waals surface area contributed by atoms with Gasteiger partial charge in [0.15, 0.2) is 0 Å². The zero-order valence-electron chi connectivity index (χ0n) is 10.6. The number of rotatable bonds is 4. The number of nitrogens with zero attached hydrogens (tertiary/aromatic N) is 2. The van der Waals surface area contributed by atoms with Crippen molar-refractivity contribution in [2.45, 2.75) is 23.8 Å². The lowest BCUT2D eigenvalue weighted by Crippen LogP contribution is -2.03. The molecule has 6 heteroatoms. The number of halogens is 2. The molecule has 100 valence electrons. The molecule has 19 heavy (non-hydrogen) atoms. The average molecular weight is 281 g/mol. The van der Waals surface area contributed by atoms with E-state index in [-0.39, 0.29) is 4.90 Å². The molecular formula is C13H13F2N3S. The van der Waals surface area contributed by atoms with Crippen molar-refractivity contribution in [2.75, 3.05) is 11.9 Å². The van der Waals surface area contributed by atoms with Crippen LogP contribution in [0.5, 0.6) is 0 Å². The summed E-state index contributed by atoms with van der Waals surface area (Å²) in [4.78, 5) is 8.43. The molecule has 1 aromatic heterocycles. The van der Waals surface area contributed by atoms with E-state index in [0.717, 1.165) is 42.1 Å². The smallest absolute Gasteiger partial charge is 0.137 e. The summed E-state index contributed by atoms with van der Waals surface area (Å²) in [5.41, 5.74) is 0.818. The van der Waals surface area contributed by atoms with Gasteiger partial charge in [-0.15, -0.1) is 0 Å². The number of nitrogens with one attached hydrogen (secondary N) is 1. The third-order valence-corrected chi connectivity index (χ3v) is 3.62. The third kappa shape index (κ3) is 3.20. The van der Waals surface area contributed by atoms with Crippen LogP contribution in [0, 0.1) is 18.6 Å². The molecule has 1 aromatic carbocycles. The van der Waals surface area contributed by atoms with Crippen LogP contribution in [-0.4, -0.2) is 16.5 Å². The van der Waals surface area contributed by atoms with Gasteiger partial charge >= 0.3 is 0 Å². The lowest BCUT2D eigenvalue weighted by atomic mass is 10.3. The van der Waals surface area contributed by atoms with Crippen molar-refractivity contribution in [1.29, 1.82) is 0 Å². The molecular weight excluding hydrogens is 268 g/mol. The van der Waals surface area contributed by atoms with Gasteiger partial charge in [0.2, 0.25) is 0 Å². The van der Waals surface area contributed by atoms with E-state index >= 15 is 0 Å². The van der Waals surface area contributed by atoms with Gasteiger partial charge in [0, 0.05) is 12.1 Å². The largest absolute Gasteiger partial charge is 0.370 e. The van der Waals surface area contributed by atoms with Crippen molar-refractivity contribution in [3.05, 3.63) is 41.7 Å². The molecule has 0 aliphatic heterocycles. The Balaban J connectivity index is 2.33. The highest BCUT2D eigenvalue weighted by Gasteiger charge is 2.11. The molecule has 0 spiro atoms. The van der Waals surface area contributed by atoms with Crippen molar-refractivity contribution < 1.29 is 8.78 Å². The van der Waals surface area contributed by atoms with E-state index in [9.17, 15) is 8.78 Å². The van der Waals surface area contributed by atoms with E-state index in [2.05, 4.69) is 15.3 Å². The molecule has 0 saturated heterocycles. The topological polar surface area (TPSA) is 37.8 Å². The Morgan fingerprint density at radius 3 is 2.79 bits per heavy atom. The van der Waals surface area contributed by atoms with Crippen LogP contribution in [0.15, 0.2) is 34.4 Å². The summed E-state index contributed by atoms with van der Waals surface area (Å²) in [6.07, 6.45) is 1.41. The monoisotopic (exact) mass is 281 g/mol. The van der Waals surface area contributed by atoms with Crippen LogP contribution in [0.4, 0.5) is 14.6 Å². The molecule has 2 rings (SSSR count). The zero-order valence-corrected chi connectivity index (χ0v) is 11.4. The molecule has 0 fully saturated rings. The fraction of sp³-hybridized carbons (Fsp3) is 0.231. The van der Waals surface area contributed by atoms with Crippen LogP contribution in [0.3, 0.4) is 0 Å². The maximum atomic E-state index is 13.6. The first kappa shape index (κ1) is 13.7. The Labute approximate surface area is 114 Å². The van der Waals surface area contributed by atoms with Crippen LogP contribution in [0.2, 0.25) is 0 Å². The van der Waals surface area contributed by atoms with E-state index in [1.807, 2.05) is 13.8 Å². The van der Waals surface area contributed by atoms with Gasteiger partial charge in [-0.05, 0) is 32.0 Å². The van der Waals surface area contributed by atoms with E-state index in [1.165, 1.54) is 6.33 Å². The lowest BCUT2D eigenvalue weighted by Gasteiger charge is -2.10. The zero-order chi connectivity index (χ0) is 13.8. The van der Waals surface area contributed by atoms with Gasteiger partial charge in [0.05, 0.1) is 4.90 Å². The number of benzene rings is 1. The molecule has 0 amide bonds. The summed E-state index contributed by atoms with van der Waals surface area (Å²) in [6.45, 7) is 4.54. The van der Waals surface area contributed by atoms with Gasteiger partial charge in [-0.25, -0.2) is 18.7 Å². The average Bonchev–Trinajstić information content (AvgIpc) is 2.39. The summed E-state index contributed by atoms with van der Waals surface area (Å²) in [5, 5.41) is 3.70. The Morgan fingerprint density at radius 2 is 2.05 bits per heavy atom. The van der Waals surface area contributed by atoms with E-state index < -0.39 is 11.6 Å². The van der Waals surface area contributed by atoms with E-state index in [1.54, 1.807) is 0 Å². The van der Waals surface area contributed by atoms with Crippen LogP contribution < -0.4 is 5.32 Å². The van der Waals surface area contributed by atoms with Crippen LogP contribution in [-0.2, 0) is 0 Å². The second-order valence-electron chi connectivity index (χ2n) is 3.86. The number of anilines is 1. The molecule has 2 aromatic rings. The van der Waals surface area contributed by atoms with E-state index in [0.29, 0.717) is 10.8 Å². The standard InChI is InChI=1S/C13H13F2N3S/c1-3-16-12-8(2)13(18-7-17-12)19-11-6-9(14)4-5-10(11)15/h4-7H,3H2,1-2H3,(H,16,17,18). The molecule has 0 aliphatic carbocycles. The van der Waals surface area contributed by atoms with Crippen molar-refractivity contribution in [1.82, 2.24) is 9.97 Å². The first-order valence-corrected chi connectivity index (χ1v) is 6.62. The van der Waals surface area contributed by atoms with Gasteiger partial charge in [0.25, 0.3) is 0 Å². The Kier molecular flexibility index (Phi) is 4.31. The first-order chi connectivity index (χ1) is 9.11. The van der Waals surface area contributed by atoms with Gasteiger partial charge in [-0.3, -0.25) is 0 Å². The molecule has 1 N–H and O–H groups in total. The van der Waals surface area contributed by atoms with Crippen LogP contribution >= 0.6 is 11.8 Å². The maximum Gasteiger partial charge on any atom is 0.137 e. The Hall–Kier alpha value is -1.69. The minimum absolute atomic E-state index is 0.212. The molecule has 0 atom stereocenters. The molecule has 0 aliphatic rings. The lowest BCUT2D eigenvalue weighted by molar-refractivity contribution is 0.577. The summed E-state index contributed by atoms with van der Waals surface area (Å²) in [5.74, 6) is -0.228. The number of aromatic nitrogens is 2. The van der Waals surface area contributed by atoms with E-state index in [4.69, 9.17) is 0 Å².